The summed E-state index contributed by atoms with van der Waals surface area (Å²) in [4.78, 5) is 24.1. The average molecular weight is 244 g/mol. The van der Waals surface area contributed by atoms with Crippen LogP contribution in [0.1, 0.15) is 24.8 Å². The van der Waals surface area contributed by atoms with Crippen molar-refractivity contribution in [3.63, 3.8) is 0 Å². The van der Waals surface area contributed by atoms with Crippen molar-refractivity contribution in [3.05, 3.63) is 48.6 Å². The topological polar surface area (TPSA) is 43.4 Å². The van der Waals surface area contributed by atoms with Gasteiger partial charge >= 0.3 is 5.97 Å². The first kappa shape index (κ1) is 12.6. The smallest absolute Gasteiger partial charge is 0.327 e. The van der Waals surface area contributed by atoms with E-state index in [1.807, 2.05) is 30.3 Å². The molecule has 0 aliphatic carbocycles. The molecule has 18 heavy (non-hydrogen) atoms. The third-order valence-electron chi connectivity index (χ3n) is 3.32. The Morgan fingerprint density at radius 2 is 2.11 bits per heavy atom. The van der Waals surface area contributed by atoms with Gasteiger partial charge in [-0.05, 0) is 18.4 Å². The van der Waals surface area contributed by atoms with E-state index in [-0.39, 0.29) is 12.4 Å². The summed E-state index contributed by atoms with van der Waals surface area (Å²) in [5.74, 6) is -0.468. The van der Waals surface area contributed by atoms with Crippen LogP contribution in [-0.2, 0) is 19.7 Å². The van der Waals surface area contributed by atoms with E-state index in [0.29, 0.717) is 6.42 Å². The number of hydrogen-bond acceptors (Lipinski definition) is 3. The molecule has 0 amide bonds. The van der Waals surface area contributed by atoms with Gasteiger partial charge in [0.25, 0.3) is 0 Å². The van der Waals surface area contributed by atoms with E-state index in [4.69, 9.17) is 4.74 Å². The zero-order chi connectivity index (χ0) is 13.0. The Labute approximate surface area is 106 Å². The SMILES string of the molecule is C=CCCCC(=O)C1(c2ccccc2)COC1=O. The van der Waals surface area contributed by atoms with E-state index in [0.717, 1.165) is 18.4 Å². The van der Waals surface area contributed by atoms with Crippen molar-refractivity contribution in [2.24, 2.45) is 0 Å². The standard InChI is InChI=1S/C15H16O3/c1-2-3-5-10-13(16)15(11-18-14(15)17)12-8-6-4-7-9-12/h2,4,6-9H,1,3,5,10-11H2. The fourth-order valence-electron chi connectivity index (χ4n) is 2.17. The van der Waals surface area contributed by atoms with Crippen LogP contribution in [0.15, 0.2) is 43.0 Å². The van der Waals surface area contributed by atoms with Gasteiger partial charge < -0.3 is 4.74 Å². The number of esters is 1. The van der Waals surface area contributed by atoms with Crippen molar-refractivity contribution in [2.75, 3.05) is 6.61 Å². The largest absolute Gasteiger partial charge is 0.463 e. The molecule has 0 N–H and O–H groups in total. The van der Waals surface area contributed by atoms with Crippen molar-refractivity contribution >= 4 is 11.8 Å². The molecule has 0 aromatic heterocycles. The maximum absolute atomic E-state index is 12.3. The maximum Gasteiger partial charge on any atom is 0.327 e. The minimum absolute atomic E-state index is 0.0493. The lowest BCUT2D eigenvalue weighted by Gasteiger charge is -2.38. The van der Waals surface area contributed by atoms with Gasteiger partial charge in [-0.25, -0.2) is 0 Å². The minimum Gasteiger partial charge on any atom is -0.463 e. The first-order valence-corrected chi connectivity index (χ1v) is 6.09. The van der Waals surface area contributed by atoms with Crippen LogP contribution in [0, 0.1) is 0 Å². The Balaban J connectivity index is 2.20. The van der Waals surface area contributed by atoms with E-state index in [1.54, 1.807) is 6.08 Å². The predicted octanol–water partition coefficient (Wildman–Crippen LogP) is 2.41. The van der Waals surface area contributed by atoms with Gasteiger partial charge in [-0.3, -0.25) is 9.59 Å². The second-order valence-corrected chi connectivity index (χ2v) is 4.45. The molecule has 1 fully saturated rings. The highest BCUT2D eigenvalue weighted by Crippen LogP contribution is 2.36. The molecule has 1 aromatic rings. The van der Waals surface area contributed by atoms with Gasteiger partial charge in [0.15, 0.2) is 11.2 Å². The molecule has 2 rings (SSSR count). The van der Waals surface area contributed by atoms with Crippen LogP contribution in [0.3, 0.4) is 0 Å². The Hall–Kier alpha value is -1.90. The van der Waals surface area contributed by atoms with E-state index >= 15 is 0 Å². The van der Waals surface area contributed by atoms with Crippen LogP contribution in [-0.4, -0.2) is 18.4 Å². The number of rotatable bonds is 6. The fraction of sp³-hybridized carbons (Fsp3) is 0.333. The predicted molar refractivity (Wildman–Crippen MR) is 68.1 cm³/mol. The lowest BCUT2D eigenvalue weighted by molar-refractivity contribution is -0.176. The van der Waals surface area contributed by atoms with Crippen molar-refractivity contribution in [1.82, 2.24) is 0 Å². The Morgan fingerprint density at radius 1 is 1.39 bits per heavy atom. The van der Waals surface area contributed by atoms with Gasteiger partial charge in [0.05, 0.1) is 0 Å². The first-order valence-electron chi connectivity index (χ1n) is 6.09. The summed E-state index contributed by atoms with van der Waals surface area (Å²) in [6, 6.07) is 9.15. The number of carbonyl (C=O) groups excluding carboxylic acids is 2. The first-order chi connectivity index (χ1) is 8.71. The van der Waals surface area contributed by atoms with Gasteiger partial charge in [-0.15, -0.1) is 6.58 Å². The van der Waals surface area contributed by atoms with Crippen LogP contribution in [0.5, 0.6) is 0 Å². The quantitative estimate of drug-likeness (QED) is 0.334. The van der Waals surface area contributed by atoms with Gasteiger partial charge in [0.2, 0.25) is 0 Å². The Bertz CT molecular complexity index is 464. The molecular formula is C15H16O3. The van der Waals surface area contributed by atoms with Crippen molar-refractivity contribution in [3.8, 4) is 0 Å². The molecule has 1 unspecified atom stereocenters. The van der Waals surface area contributed by atoms with Crippen molar-refractivity contribution < 1.29 is 14.3 Å². The second kappa shape index (κ2) is 5.17. The van der Waals surface area contributed by atoms with Crippen LogP contribution in [0.4, 0.5) is 0 Å². The average Bonchev–Trinajstić information content (AvgIpc) is 2.39. The summed E-state index contributed by atoms with van der Waals surface area (Å²) < 4.78 is 4.85. The second-order valence-electron chi connectivity index (χ2n) is 4.45. The molecule has 1 aliphatic heterocycles. The van der Waals surface area contributed by atoms with Gasteiger partial charge in [-0.1, -0.05) is 36.4 Å². The van der Waals surface area contributed by atoms with E-state index < -0.39 is 11.4 Å². The molecular weight excluding hydrogens is 228 g/mol. The number of carbonyl (C=O) groups is 2. The number of cyclic esters (lactones) is 1. The van der Waals surface area contributed by atoms with Gasteiger partial charge in [0.1, 0.15) is 6.61 Å². The maximum atomic E-state index is 12.3. The van der Waals surface area contributed by atoms with Crippen LogP contribution in [0.2, 0.25) is 0 Å². The zero-order valence-corrected chi connectivity index (χ0v) is 10.2. The van der Waals surface area contributed by atoms with Crippen molar-refractivity contribution in [1.29, 1.82) is 0 Å². The van der Waals surface area contributed by atoms with Crippen LogP contribution < -0.4 is 0 Å². The highest BCUT2D eigenvalue weighted by Gasteiger charge is 2.56. The number of benzene rings is 1. The summed E-state index contributed by atoms with van der Waals surface area (Å²) >= 11 is 0. The minimum atomic E-state index is -1.05. The number of Topliss-reactive ketones (excluding diaryl/α,β-unsaturated/α-hetero) is 1. The molecule has 0 spiro atoms. The Kier molecular flexibility index (Phi) is 3.60. The molecule has 1 aromatic carbocycles. The number of unbranched alkanes of at least 4 members (excludes halogenated alkanes) is 1. The third kappa shape index (κ3) is 1.96. The lowest BCUT2D eigenvalue weighted by atomic mass is 9.73. The summed E-state index contributed by atoms with van der Waals surface area (Å²) in [7, 11) is 0. The lowest BCUT2D eigenvalue weighted by Crippen LogP contribution is -2.57. The van der Waals surface area contributed by atoms with Crippen LogP contribution in [0.25, 0.3) is 0 Å². The summed E-state index contributed by atoms with van der Waals surface area (Å²) in [6.45, 7) is 3.79. The molecule has 1 saturated heterocycles. The molecule has 94 valence electrons. The molecule has 3 heteroatoms. The van der Waals surface area contributed by atoms with Crippen molar-refractivity contribution in [2.45, 2.75) is 24.7 Å². The molecule has 0 bridgehead atoms. The van der Waals surface area contributed by atoms with Crippen LogP contribution >= 0.6 is 0 Å². The highest BCUT2D eigenvalue weighted by molar-refractivity contribution is 6.12. The van der Waals surface area contributed by atoms with Gasteiger partial charge in [0, 0.05) is 6.42 Å². The van der Waals surface area contributed by atoms with E-state index in [1.165, 1.54) is 0 Å². The van der Waals surface area contributed by atoms with Gasteiger partial charge in [-0.2, -0.15) is 0 Å². The molecule has 3 nitrogen and oxygen atoms in total. The third-order valence-corrected chi connectivity index (χ3v) is 3.32. The molecule has 1 atom stereocenters. The Morgan fingerprint density at radius 3 is 2.61 bits per heavy atom. The summed E-state index contributed by atoms with van der Waals surface area (Å²) in [5.41, 5.74) is -0.313. The fourth-order valence-corrected chi connectivity index (χ4v) is 2.17. The molecule has 0 radical (unpaired) electrons. The number of allylic oxidation sites excluding steroid dienone is 1. The zero-order valence-electron chi connectivity index (χ0n) is 10.2. The summed E-state index contributed by atoms with van der Waals surface area (Å²) in [5, 5.41) is 0. The molecule has 0 saturated carbocycles. The highest BCUT2D eigenvalue weighted by atomic mass is 16.6. The number of ketones is 1. The molecule has 1 aliphatic rings. The number of ether oxygens (including phenoxy) is 1. The normalized spacial score (nSPS) is 21.9. The van der Waals surface area contributed by atoms with E-state index in [2.05, 4.69) is 6.58 Å². The monoisotopic (exact) mass is 244 g/mol. The molecule has 1 heterocycles. The number of hydrogen-bond donors (Lipinski definition) is 0. The summed E-state index contributed by atoms with van der Waals surface area (Å²) in [6.07, 6.45) is 3.67. The van der Waals surface area contributed by atoms with E-state index in [9.17, 15) is 9.59 Å².